The van der Waals surface area contributed by atoms with Crippen LogP contribution in [-0.2, 0) is 0 Å². The Morgan fingerprint density at radius 1 is 0.833 bits per heavy atom. The molecule has 0 aliphatic heterocycles. The van der Waals surface area contributed by atoms with Gasteiger partial charge in [-0.2, -0.15) is 5.01 Å². The molecule has 0 aromatic rings. The maximum absolute atomic E-state index is 2.38. The first kappa shape index (κ1) is 17.9. The Kier molecular flexibility index (Phi) is 9.76. The van der Waals surface area contributed by atoms with Gasteiger partial charge in [0.25, 0.3) is 0 Å². The summed E-state index contributed by atoms with van der Waals surface area (Å²) in [5, 5.41) is 2.30. The highest BCUT2D eigenvalue weighted by molar-refractivity contribution is 4.52. The number of quaternary nitrogens is 1. The van der Waals surface area contributed by atoms with Crippen LogP contribution in [0.5, 0.6) is 0 Å². The van der Waals surface area contributed by atoms with Crippen LogP contribution in [0.15, 0.2) is 0 Å². The number of hydrogen-bond donors (Lipinski definition) is 0. The van der Waals surface area contributed by atoms with Gasteiger partial charge in [0.1, 0.15) is 6.04 Å². The minimum Gasteiger partial charge on any atom is -0.246 e. The average Bonchev–Trinajstić information content (AvgIpc) is 2.32. The molecule has 1 unspecified atom stereocenters. The first-order valence-electron chi connectivity index (χ1n) is 7.94. The van der Waals surface area contributed by atoms with Crippen molar-refractivity contribution in [1.82, 2.24) is 5.01 Å². The van der Waals surface area contributed by atoms with Crippen molar-refractivity contribution in [3.63, 3.8) is 0 Å². The van der Waals surface area contributed by atoms with Crippen LogP contribution in [0.4, 0.5) is 0 Å². The molecule has 110 valence electrons. The monoisotopic (exact) mass is 257 g/mol. The van der Waals surface area contributed by atoms with E-state index in [2.05, 4.69) is 47.0 Å². The highest BCUT2D eigenvalue weighted by atomic mass is 15.7. The minimum atomic E-state index is 0.722. The van der Waals surface area contributed by atoms with Crippen molar-refractivity contribution in [1.29, 1.82) is 0 Å². The van der Waals surface area contributed by atoms with E-state index in [-0.39, 0.29) is 0 Å². The number of nitrogens with zero attached hydrogens (tertiary/aromatic N) is 2. The van der Waals surface area contributed by atoms with Gasteiger partial charge in [-0.15, -0.1) is 0 Å². The van der Waals surface area contributed by atoms with Gasteiger partial charge in [0.15, 0.2) is 0 Å². The van der Waals surface area contributed by atoms with Crippen LogP contribution in [0.1, 0.15) is 71.6 Å². The smallest absolute Gasteiger partial charge is 0.103 e. The fourth-order valence-corrected chi connectivity index (χ4v) is 2.28. The Hall–Kier alpha value is -0.0800. The van der Waals surface area contributed by atoms with Crippen molar-refractivity contribution >= 4 is 0 Å². The Bertz CT molecular complexity index is 188. The summed E-state index contributed by atoms with van der Waals surface area (Å²) >= 11 is 0. The molecule has 0 aromatic carbocycles. The van der Waals surface area contributed by atoms with E-state index in [0.717, 1.165) is 10.6 Å². The molecule has 2 nitrogen and oxygen atoms in total. The molecular formula is C16H37N2+. The van der Waals surface area contributed by atoms with Gasteiger partial charge in [-0.3, -0.25) is 0 Å². The molecule has 18 heavy (non-hydrogen) atoms. The molecule has 0 aliphatic rings. The highest BCUT2D eigenvalue weighted by Crippen LogP contribution is 2.16. The third-order valence-corrected chi connectivity index (χ3v) is 4.59. The van der Waals surface area contributed by atoms with Crippen LogP contribution >= 0.6 is 0 Å². The van der Waals surface area contributed by atoms with Crippen molar-refractivity contribution in [2.24, 2.45) is 0 Å². The van der Waals surface area contributed by atoms with E-state index < -0.39 is 0 Å². The zero-order chi connectivity index (χ0) is 14.0. The van der Waals surface area contributed by atoms with Gasteiger partial charge in [-0.25, -0.2) is 4.59 Å². The molecule has 1 atom stereocenters. The number of rotatable bonds is 11. The molecule has 0 saturated heterocycles. The molecule has 0 aromatic heterocycles. The van der Waals surface area contributed by atoms with Crippen LogP contribution < -0.4 is 0 Å². The molecule has 0 amide bonds. The summed E-state index contributed by atoms with van der Waals surface area (Å²) in [6.07, 6.45) is 12.7. The Morgan fingerprint density at radius 3 is 1.72 bits per heavy atom. The lowest BCUT2D eigenvalue weighted by atomic mass is 10.0. The standard InChI is InChI=1S/C16H37N2/c1-7-8-9-10-11-12-13-14-15-16(2)18(5,6)17(3)4/h16H,7-15H2,1-6H3/q+1. The third-order valence-electron chi connectivity index (χ3n) is 4.59. The summed E-state index contributed by atoms with van der Waals surface area (Å²) in [6.45, 7) is 4.66. The SMILES string of the molecule is CCCCCCCCCCC(C)[N+](C)(C)N(C)C. The van der Waals surface area contributed by atoms with Gasteiger partial charge in [-0.05, 0) is 13.3 Å². The second-order valence-corrected chi connectivity index (χ2v) is 6.44. The minimum absolute atomic E-state index is 0.722. The predicted molar refractivity (Wildman–Crippen MR) is 82.5 cm³/mol. The van der Waals surface area contributed by atoms with Crippen molar-refractivity contribution < 1.29 is 4.59 Å². The van der Waals surface area contributed by atoms with Crippen LogP contribution in [0.2, 0.25) is 0 Å². The summed E-state index contributed by atoms with van der Waals surface area (Å²) < 4.78 is 0.997. The zero-order valence-electron chi connectivity index (χ0n) is 13.8. The van der Waals surface area contributed by atoms with Gasteiger partial charge in [0.05, 0.1) is 14.1 Å². The molecule has 2 heteroatoms. The second kappa shape index (κ2) is 9.80. The van der Waals surface area contributed by atoms with Crippen LogP contribution in [0.3, 0.4) is 0 Å². The molecule has 0 spiro atoms. The normalized spacial score (nSPS) is 14.2. The lowest BCUT2D eigenvalue weighted by Crippen LogP contribution is -2.56. The van der Waals surface area contributed by atoms with Crippen molar-refractivity contribution in [3.8, 4) is 0 Å². The van der Waals surface area contributed by atoms with Crippen molar-refractivity contribution in [2.45, 2.75) is 77.7 Å². The molecule has 0 saturated carbocycles. The Labute approximate surface area is 116 Å². The first-order valence-corrected chi connectivity index (χ1v) is 7.94. The molecule has 0 fully saturated rings. The Balaban J connectivity index is 3.49. The fourth-order valence-electron chi connectivity index (χ4n) is 2.28. The lowest BCUT2D eigenvalue weighted by molar-refractivity contribution is -1.02. The van der Waals surface area contributed by atoms with Gasteiger partial charge < -0.3 is 0 Å². The van der Waals surface area contributed by atoms with E-state index in [9.17, 15) is 0 Å². The molecule has 0 bridgehead atoms. The number of unbranched alkanes of at least 4 members (excludes halogenated alkanes) is 7. The molecule has 0 heterocycles. The molecular weight excluding hydrogens is 220 g/mol. The topological polar surface area (TPSA) is 3.24 Å². The summed E-state index contributed by atoms with van der Waals surface area (Å²) in [7, 11) is 8.94. The summed E-state index contributed by atoms with van der Waals surface area (Å²) in [6, 6.07) is 0.722. The summed E-state index contributed by atoms with van der Waals surface area (Å²) in [5.74, 6) is 0. The largest absolute Gasteiger partial charge is 0.246 e. The van der Waals surface area contributed by atoms with E-state index in [1.807, 2.05) is 0 Å². The van der Waals surface area contributed by atoms with E-state index in [1.165, 1.54) is 57.8 Å². The van der Waals surface area contributed by atoms with Gasteiger partial charge in [0.2, 0.25) is 0 Å². The quantitative estimate of drug-likeness (QED) is 0.300. The third kappa shape index (κ3) is 7.38. The van der Waals surface area contributed by atoms with Crippen molar-refractivity contribution in [2.75, 3.05) is 28.2 Å². The van der Waals surface area contributed by atoms with Gasteiger partial charge in [0, 0.05) is 20.5 Å². The molecule has 0 aliphatic carbocycles. The maximum atomic E-state index is 2.38. The average molecular weight is 257 g/mol. The van der Waals surface area contributed by atoms with E-state index in [0.29, 0.717) is 0 Å². The second-order valence-electron chi connectivity index (χ2n) is 6.44. The predicted octanol–water partition coefficient (Wildman–Crippen LogP) is 4.46. The lowest BCUT2D eigenvalue weighted by Gasteiger charge is -2.40. The Morgan fingerprint density at radius 2 is 1.28 bits per heavy atom. The van der Waals surface area contributed by atoms with Crippen LogP contribution in [0, 0.1) is 0 Å². The number of hydrogen-bond acceptors (Lipinski definition) is 1. The molecule has 0 radical (unpaired) electrons. The molecule has 0 N–H and O–H groups in total. The van der Waals surface area contributed by atoms with E-state index in [4.69, 9.17) is 0 Å². The van der Waals surface area contributed by atoms with Gasteiger partial charge >= 0.3 is 0 Å². The molecule has 0 rings (SSSR count). The highest BCUT2D eigenvalue weighted by Gasteiger charge is 2.26. The maximum Gasteiger partial charge on any atom is 0.103 e. The first-order chi connectivity index (χ1) is 8.42. The summed E-state index contributed by atoms with van der Waals surface area (Å²) in [4.78, 5) is 0. The summed E-state index contributed by atoms with van der Waals surface area (Å²) in [5.41, 5.74) is 0. The van der Waals surface area contributed by atoms with Gasteiger partial charge in [-0.1, -0.05) is 51.9 Å². The van der Waals surface area contributed by atoms with Crippen molar-refractivity contribution in [3.05, 3.63) is 0 Å². The van der Waals surface area contributed by atoms with Crippen LogP contribution in [-0.4, -0.2) is 43.8 Å². The van der Waals surface area contributed by atoms with E-state index in [1.54, 1.807) is 0 Å². The van der Waals surface area contributed by atoms with E-state index >= 15 is 0 Å². The fraction of sp³-hybridized carbons (Fsp3) is 1.00. The zero-order valence-corrected chi connectivity index (χ0v) is 13.8. The van der Waals surface area contributed by atoms with Crippen LogP contribution in [0.25, 0.3) is 0 Å².